The molecule has 0 aliphatic carbocycles. The van der Waals surface area contributed by atoms with Crippen LogP contribution in [0.15, 0.2) is 47.4 Å². The fourth-order valence-corrected chi connectivity index (χ4v) is 4.12. The Morgan fingerprint density at radius 2 is 2.03 bits per heavy atom. The summed E-state index contributed by atoms with van der Waals surface area (Å²) in [5.74, 6) is -0.524. The van der Waals surface area contributed by atoms with Gasteiger partial charge < -0.3 is 10.2 Å². The van der Waals surface area contributed by atoms with Crippen molar-refractivity contribution in [3.8, 4) is 11.3 Å². The van der Waals surface area contributed by atoms with Gasteiger partial charge in [-0.1, -0.05) is 6.07 Å². The van der Waals surface area contributed by atoms with E-state index in [4.69, 9.17) is 0 Å². The van der Waals surface area contributed by atoms with Crippen LogP contribution in [0, 0.1) is 19.8 Å². The van der Waals surface area contributed by atoms with Gasteiger partial charge in [-0.15, -0.1) is 0 Å². The van der Waals surface area contributed by atoms with Crippen molar-refractivity contribution in [2.45, 2.75) is 26.8 Å². The Hall–Kier alpha value is -3.06. The van der Waals surface area contributed by atoms with Crippen molar-refractivity contribution in [1.82, 2.24) is 15.3 Å². The predicted molar refractivity (Wildman–Crippen MR) is 114 cm³/mol. The van der Waals surface area contributed by atoms with Crippen LogP contribution in [0.5, 0.6) is 0 Å². The number of rotatable bonds is 5. The van der Waals surface area contributed by atoms with Crippen LogP contribution in [0.4, 0.5) is 5.69 Å². The summed E-state index contributed by atoms with van der Waals surface area (Å²) < 4.78 is 0. The molecule has 1 aliphatic rings. The molecule has 0 bridgehead atoms. The quantitative estimate of drug-likeness (QED) is 0.704. The van der Waals surface area contributed by atoms with Gasteiger partial charge >= 0.3 is 0 Å². The lowest BCUT2D eigenvalue weighted by atomic mass is 10.1. The third-order valence-electron chi connectivity index (χ3n) is 5.30. The first-order valence-corrected chi connectivity index (χ1v) is 10.4. The second-order valence-electron chi connectivity index (χ2n) is 7.26. The van der Waals surface area contributed by atoms with Crippen molar-refractivity contribution in [1.29, 1.82) is 0 Å². The van der Waals surface area contributed by atoms with Gasteiger partial charge in [0.15, 0.2) is 0 Å². The van der Waals surface area contributed by atoms with Crippen molar-refractivity contribution in [3.05, 3.63) is 64.2 Å². The van der Waals surface area contributed by atoms with Gasteiger partial charge in [0.2, 0.25) is 11.8 Å². The minimum absolute atomic E-state index is 0.0214. The van der Waals surface area contributed by atoms with Gasteiger partial charge in [-0.2, -0.15) is 11.3 Å². The first-order valence-electron chi connectivity index (χ1n) is 9.50. The molecule has 1 unspecified atom stereocenters. The number of carbonyl (C=O) groups is 2. The van der Waals surface area contributed by atoms with E-state index in [2.05, 4.69) is 15.3 Å². The van der Waals surface area contributed by atoms with Gasteiger partial charge in [0.05, 0.1) is 23.9 Å². The number of benzene rings is 1. The fourth-order valence-electron chi connectivity index (χ4n) is 3.48. The number of aryl methyl sites for hydroxylation is 2. The maximum absolute atomic E-state index is 12.7. The fraction of sp³-hybridized carbons (Fsp3) is 0.273. The predicted octanol–water partition coefficient (Wildman–Crippen LogP) is 3.49. The van der Waals surface area contributed by atoms with Crippen LogP contribution in [-0.2, 0) is 16.1 Å². The minimum atomic E-state index is -0.370. The molecule has 1 fully saturated rings. The topological polar surface area (TPSA) is 75.2 Å². The molecule has 1 aliphatic heterocycles. The Labute approximate surface area is 173 Å². The Morgan fingerprint density at radius 1 is 1.21 bits per heavy atom. The molecule has 0 radical (unpaired) electrons. The molecule has 2 aromatic heterocycles. The van der Waals surface area contributed by atoms with Crippen LogP contribution < -0.4 is 10.2 Å². The van der Waals surface area contributed by atoms with E-state index in [0.717, 1.165) is 28.2 Å². The van der Waals surface area contributed by atoms with Gasteiger partial charge in [0, 0.05) is 42.0 Å². The number of aromatic nitrogens is 2. The highest BCUT2D eigenvalue weighted by molar-refractivity contribution is 7.08. The number of anilines is 1. The molecule has 7 heteroatoms. The number of nitrogens with zero attached hydrogens (tertiary/aromatic N) is 3. The summed E-state index contributed by atoms with van der Waals surface area (Å²) in [5, 5.41) is 6.93. The van der Waals surface area contributed by atoms with E-state index in [9.17, 15) is 9.59 Å². The maximum atomic E-state index is 12.7. The van der Waals surface area contributed by atoms with Crippen molar-refractivity contribution in [2.75, 3.05) is 11.4 Å². The number of thiophene rings is 1. The Balaban J connectivity index is 1.43. The molecular weight excluding hydrogens is 384 g/mol. The number of hydrogen-bond acceptors (Lipinski definition) is 5. The van der Waals surface area contributed by atoms with Crippen LogP contribution in [-0.4, -0.2) is 28.3 Å². The zero-order valence-electron chi connectivity index (χ0n) is 16.4. The number of amides is 2. The standard InChI is InChI=1S/C22H22N4O2S/c1-14-3-4-18(9-15(14)2)26-12-17(10-20(26)27)22(28)25-11-19-21(24-7-6-23-19)16-5-8-29-13-16/h3-9,13,17H,10-12H2,1-2H3,(H,25,28). The molecule has 2 amide bonds. The van der Waals surface area contributed by atoms with E-state index in [-0.39, 0.29) is 30.7 Å². The molecule has 4 rings (SSSR count). The van der Waals surface area contributed by atoms with Crippen LogP contribution in [0.2, 0.25) is 0 Å². The van der Waals surface area contributed by atoms with Gasteiger partial charge in [-0.3, -0.25) is 19.6 Å². The van der Waals surface area contributed by atoms with Crippen molar-refractivity contribution in [3.63, 3.8) is 0 Å². The highest BCUT2D eigenvalue weighted by Crippen LogP contribution is 2.27. The lowest BCUT2D eigenvalue weighted by Gasteiger charge is -2.18. The molecule has 29 heavy (non-hydrogen) atoms. The lowest BCUT2D eigenvalue weighted by Crippen LogP contribution is -2.33. The summed E-state index contributed by atoms with van der Waals surface area (Å²) >= 11 is 1.59. The van der Waals surface area contributed by atoms with E-state index in [1.54, 1.807) is 28.6 Å². The first-order chi connectivity index (χ1) is 14.0. The van der Waals surface area contributed by atoms with Crippen molar-refractivity contribution in [2.24, 2.45) is 5.92 Å². The third kappa shape index (κ3) is 4.05. The average molecular weight is 407 g/mol. The SMILES string of the molecule is Cc1ccc(N2CC(C(=O)NCc3nccnc3-c3ccsc3)CC2=O)cc1C. The van der Waals surface area contributed by atoms with Gasteiger partial charge in [-0.05, 0) is 48.6 Å². The zero-order chi connectivity index (χ0) is 20.4. The molecular formula is C22H22N4O2S. The smallest absolute Gasteiger partial charge is 0.227 e. The van der Waals surface area contributed by atoms with E-state index in [0.29, 0.717) is 6.54 Å². The molecule has 1 saturated heterocycles. The number of nitrogens with one attached hydrogen (secondary N) is 1. The average Bonchev–Trinajstić information content (AvgIpc) is 3.38. The number of hydrogen-bond donors (Lipinski definition) is 1. The highest BCUT2D eigenvalue weighted by atomic mass is 32.1. The molecule has 0 spiro atoms. The largest absolute Gasteiger partial charge is 0.350 e. The summed E-state index contributed by atoms with van der Waals surface area (Å²) in [7, 11) is 0. The molecule has 1 aromatic carbocycles. The molecule has 148 valence electrons. The summed E-state index contributed by atoms with van der Waals surface area (Å²) in [6.45, 7) is 4.74. The Morgan fingerprint density at radius 3 is 2.79 bits per heavy atom. The summed E-state index contributed by atoms with van der Waals surface area (Å²) in [6, 6.07) is 7.93. The maximum Gasteiger partial charge on any atom is 0.227 e. The highest BCUT2D eigenvalue weighted by Gasteiger charge is 2.35. The van der Waals surface area contributed by atoms with Gasteiger partial charge in [0.25, 0.3) is 0 Å². The van der Waals surface area contributed by atoms with E-state index >= 15 is 0 Å². The first kappa shape index (κ1) is 19.3. The summed E-state index contributed by atoms with van der Waals surface area (Å²) in [4.78, 5) is 35.7. The van der Waals surface area contributed by atoms with E-state index in [1.165, 1.54) is 5.56 Å². The molecule has 3 heterocycles. The normalized spacial score (nSPS) is 16.3. The summed E-state index contributed by atoms with van der Waals surface area (Å²) in [5.41, 5.74) is 5.64. The third-order valence-corrected chi connectivity index (χ3v) is 5.98. The zero-order valence-corrected chi connectivity index (χ0v) is 17.2. The van der Waals surface area contributed by atoms with Crippen LogP contribution >= 0.6 is 11.3 Å². The second-order valence-corrected chi connectivity index (χ2v) is 8.04. The minimum Gasteiger partial charge on any atom is -0.350 e. The molecule has 6 nitrogen and oxygen atoms in total. The van der Waals surface area contributed by atoms with Crippen molar-refractivity contribution >= 4 is 28.8 Å². The lowest BCUT2D eigenvalue weighted by molar-refractivity contribution is -0.126. The van der Waals surface area contributed by atoms with E-state index < -0.39 is 0 Å². The van der Waals surface area contributed by atoms with Crippen LogP contribution in [0.3, 0.4) is 0 Å². The molecule has 1 N–H and O–H groups in total. The molecule has 0 saturated carbocycles. The van der Waals surface area contributed by atoms with Crippen molar-refractivity contribution < 1.29 is 9.59 Å². The monoisotopic (exact) mass is 406 g/mol. The van der Waals surface area contributed by atoms with E-state index in [1.807, 2.05) is 48.9 Å². The summed E-state index contributed by atoms with van der Waals surface area (Å²) in [6.07, 6.45) is 3.49. The van der Waals surface area contributed by atoms with Crippen LogP contribution in [0.1, 0.15) is 23.2 Å². The van der Waals surface area contributed by atoms with Crippen LogP contribution in [0.25, 0.3) is 11.3 Å². The number of carbonyl (C=O) groups excluding carboxylic acids is 2. The second kappa shape index (κ2) is 8.13. The van der Waals surface area contributed by atoms with Gasteiger partial charge in [-0.25, -0.2) is 0 Å². The Bertz CT molecular complexity index is 1050. The molecule has 1 atom stereocenters. The Kier molecular flexibility index (Phi) is 5.40. The van der Waals surface area contributed by atoms with Gasteiger partial charge in [0.1, 0.15) is 0 Å². The molecule has 3 aromatic rings.